The Labute approximate surface area is 166 Å². The Morgan fingerprint density at radius 1 is 1.14 bits per heavy atom. The van der Waals surface area contributed by atoms with Gasteiger partial charge in [0.05, 0.1) is 38.4 Å². The number of nitrogens with zero attached hydrogens (tertiary/aromatic N) is 1. The van der Waals surface area contributed by atoms with Crippen LogP contribution in [0.25, 0.3) is 10.4 Å². The van der Waals surface area contributed by atoms with E-state index in [9.17, 15) is 14.4 Å². The van der Waals surface area contributed by atoms with Crippen LogP contribution in [0.15, 0.2) is 23.6 Å². The number of hydrogen-bond donors (Lipinski definition) is 0. The summed E-state index contributed by atoms with van der Waals surface area (Å²) in [5.41, 5.74) is 1.50. The first-order chi connectivity index (χ1) is 13.5. The number of carbonyl (C=O) groups is 3. The van der Waals surface area contributed by atoms with Crippen molar-refractivity contribution in [2.45, 2.75) is 19.8 Å². The van der Waals surface area contributed by atoms with E-state index in [0.29, 0.717) is 34.1 Å². The van der Waals surface area contributed by atoms with Crippen molar-refractivity contribution in [2.24, 2.45) is 0 Å². The van der Waals surface area contributed by atoms with Gasteiger partial charge in [0.1, 0.15) is 0 Å². The molecule has 0 radical (unpaired) electrons. The molecule has 0 saturated heterocycles. The van der Waals surface area contributed by atoms with Crippen molar-refractivity contribution in [3.63, 3.8) is 0 Å². The van der Waals surface area contributed by atoms with E-state index in [0.717, 1.165) is 16.9 Å². The minimum atomic E-state index is -0.469. The van der Waals surface area contributed by atoms with Crippen molar-refractivity contribution in [3.8, 4) is 21.9 Å². The molecule has 8 heteroatoms. The van der Waals surface area contributed by atoms with E-state index in [1.165, 1.54) is 18.4 Å². The topological polar surface area (TPSA) is 82.1 Å². The summed E-state index contributed by atoms with van der Waals surface area (Å²) in [5, 5.41) is 1.68. The minimum absolute atomic E-state index is 0.00337. The van der Waals surface area contributed by atoms with E-state index in [4.69, 9.17) is 9.47 Å². The van der Waals surface area contributed by atoms with Gasteiger partial charge in [-0.1, -0.05) is 6.92 Å². The Morgan fingerprint density at radius 2 is 1.93 bits per heavy atom. The SMILES string of the molecule is CCCOc1cc(-c2scc3c2C(=O)N(CCC(=O)OC)C3=O)ccc1OC. The van der Waals surface area contributed by atoms with Gasteiger partial charge in [-0.15, -0.1) is 11.3 Å². The van der Waals surface area contributed by atoms with Gasteiger partial charge in [-0.05, 0) is 30.2 Å². The fraction of sp³-hybridized carbons (Fsp3) is 0.350. The first-order valence-corrected chi connectivity index (χ1v) is 9.75. The van der Waals surface area contributed by atoms with Crippen LogP contribution in [0.4, 0.5) is 0 Å². The van der Waals surface area contributed by atoms with Crippen LogP contribution in [0.1, 0.15) is 40.5 Å². The molecule has 0 fully saturated rings. The summed E-state index contributed by atoms with van der Waals surface area (Å²) in [6.07, 6.45) is 0.818. The van der Waals surface area contributed by atoms with Crippen LogP contribution in [0, 0.1) is 0 Å². The Balaban J connectivity index is 1.92. The molecule has 0 spiro atoms. The molecule has 28 heavy (non-hydrogen) atoms. The Hall–Kier alpha value is -2.87. The third-order valence-electron chi connectivity index (χ3n) is 4.38. The highest BCUT2D eigenvalue weighted by Gasteiger charge is 2.39. The first kappa shape index (κ1) is 19.9. The molecule has 2 amide bonds. The number of thiophene rings is 1. The summed E-state index contributed by atoms with van der Waals surface area (Å²) >= 11 is 1.33. The van der Waals surface area contributed by atoms with Gasteiger partial charge >= 0.3 is 5.97 Å². The predicted octanol–water partition coefficient (Wildman–Crippen LogP) is 3.37. The van der Waals surface area contributed by atoms with Gasteiger partial charge in [0.25, 0.3) is 11.8 Å². The molecule has 0 atom stereocenters. The summed E-state index contributed by atoms with van der Waals surface area (Å²) in [6, 6.07) is 5.43. The lowest BCUT2D eigenvalue weighted by atomic mass is 10.1. The summed E-state index contributed by atoms with van der Waals surface area (Å²) in [7, 11) is 2.84. The molecule has 0 bridgehead atoms. The number of ether oxygens (including phenoxy) is 3. The number of imide groups is 1. The Morgan fingerprint density at radius 3 is 2.61 bits per heavy atom. The van der Waals surface area contributed by atoms with Crippen LogP contribution >= 0.6 is 11.3 Å². The number of methoxy groups -OCH3 is 2. The summed E-state index contributed by atoms with van der Waals surface area (Å²) in [4.78, 5) is 38.6. The maximum atomic E-state index is 12.8. The van der Waals surface area contributed by atoms with Gasteiger partial charge < -0.3 is 14.2 Å². The maximum Gasteiger partial charge on any atom is 0.307 e. The number of esters is 1. The largest absolute Gasteiger partial charge is 0.493 e. The van der Waals surface area contributed by atoms with E-state index in [1.807, 2.05) is 19.1 Å². The standard InChI is InChI=1S/C20H21NO6S/c1-4-9-27-15-10-12(5-6-14(15)25-2)18-17-13(11-28-18)19(23)21(20(17)24)8-7-16(22)26-3/h5-6,10-11H,4,7-9H2,1-3H3. The monoisotopic (exact) mass is 403 g/mol. The van der Waals surface area contributed by atoms with Gasteiger partial charge in [-0.2, -0.15) is 0 Å². The maximum absolute atomic E-state index is 12.8. The third kappa shape index (κ3) is 3.60. The lowest BCUT2D eigenvalue weighted by Crippen LogP contribution is -2.32. The van der Waals surface area contributed by atoms with Crippen LogP contribution in [0.2, 0.25) is 0 Å². The number of fused-ring (bicyclic) bond motifs is 1. The molecule has 2 heterocycles. The number of rotatable bonds is 8. The van der Waals surface area contributed by atoms with Crippen molar-refractivity contribution >= 4 is 29.1 Å². The first-order valence-electron chi connectivity index (χ1n) is 8.87. The molecule has 0 aliphatic carbocycles. The highest BCUT2D eigenvalue weighted by Crippen LogP contribution is 2.41. The van der Waals surface area contributed by atoms with Crippen molar-refractivity contribution in [3.05, 3.63) is 34.7 Å². The Kier molecular flexibility index (Phi) is 5.99. The van der Waals surface area contributed by atoms with E-state index < -0.39 is 11.9 Å². The van der Waals surface area contributed by atoms with E-state index in [-0.39, 0.29) is 18.9 Å². The summed E-state index contributed by atoms with van der Waals surface area (Å²) in [5.74, 6) is -0.0618. The van der Waals surface area contributed by atoms with Gasteiger partial charge in [-0.25, -0.2) is 0 Å². The second kappa shape index (κ2) is 8.43. The van der Waals surface area contributed by atoms with E-state index in [1.54, 1.807) is 18.6 Å². The lowest BCUT2D eigenvalue weighted by molar-refractivity contribution is -0.140. The molecular weight excluding hydrogens is 382 g/mol. The second-order valence-electron chi connectivity index (χ2n) is 6.16. The van der Waals surface area contributed by atoms with Crippen LogP contribution in [-0.2, 0) is 9.53 Å². The number of hydrogen-bond acceptors (Lipinski definition) is 7. The van der Waals surface area contributed by atoms with Gasteiger partial charge in [0, 0.05) is 16.8 Å². The molecule has 0 unspecified atom stereocenters. The highest BCUT2D eigenvalue weighted by atomic mass is 32.1. The molecule has 0 saturated carbocycles. The normalized spacial score (nSPS) is 12.9. The number of benzene rings is 1. The quantitative estimate of drug-likeness (QED) is 0.496. The zero-order valence-electron chi connectivity index (χ0n) is 15.9. The molecule has 7 nitrogen and oxygen atoms in total. The van der Waals surface area contributed by atoms with Gasteiger partial charge in [-0.3, -0.25) is 19.3 Å². The molecule has 1 aliphatic rings. The van der Waals surface area contributed by atoms with Crippen molar-refractivity contribution in [1.29, 1.82) is 0 Å². The fourth-order valence-corrected chi connectivity index (χ4v) is 4.00. The third-order valence-corrected chi connectivity index (χ3v) is 5.41. The van der Waals surface area contributed by atoms with Crippen molar-refractivity contribution in [2.75, 3.05) is 27.4 Å². The summed E-state index contributed by atoms with van der Waals surface area (Å²) in [6.45, 7) is 2.55. The molecule has 1 aromatic carbocycles. The number of carbonyl (C=O) groups excluding carboxylic acids is 3. The average Bonchev–Trinajstić information content (AvgIpc) is 3.25. The highest BCUT2D eigenvalue weighted by molar-refractivity contribution is 7.14. The minimum Gasteiger partial charge on any atom is -0.493 e. The second-order valence-corrected chi connectivity index (χ2v) is 7.04. The van der Waals surface area contributed by atoms with Crippen molar-refractivity contribution < 1.29 is 28.6 Å². The van der Waals surface area contributed by atoms with Crippen LogP contribution in [0.5, 0.6) is 11.5 Å². The molecule has 0 N–H and O–H groups in total. The average molecular weight is 403 g/mol. The lowest BCUT2D eigenvalue weighted by Gasteiger charge is -2.14. The van der Waals surface area contributed by atoms with Gasteiger partial charge in [0.15, 0.2) is 11.5 Å². The number of amides is 2. The molecular formula is C20H21NO6S. The Bertz CT molecular complexity index is 919. The van der Waals surface area contributed by atoms with Crippen LogP contribution < -0.4 is 9.47 Å². The zero-order chi connectivity index (χ0) is 20.3. The fourth-order valence-electron chi connectivity index (χ4n) is 2.96. The molecule has 3 rings (SSSR count). The summed E-state index contributed by atoms with van der Waals surface area (Å²) < 4.78 is 15.7. The van der Waals surface area contributed by atoms with Crippen molar-refractivity contribution in [1.82, 2.24) is 4.90 Å². The molecule has 1 aromatic heterocycles. The van der Waals surface area contributed by atoms with Crippen LogP contribution in [-0.4, -0.2) is 50.1 Å². The van der Waals surface area contributed by atoms with E-state index >= 15 is 0 Å². The smallest absolute Gasteiger partial charge is 0.307 e. The van der Waals surface area contributed by atoms with Crippen LogP contribution in [0.3, 0.4) is 0 Å². The predicted molar refractivity (Wildman–Crippen MR) is 104 cm³/mol. The molecule has 2 aromatic rings. The molecule has 1 aliphatic heterocycles. The molecule has 148 valence electrons. The van der Waals surface area contributed by atoms with Gasteiger partial charge in [0.2, 0.25) is 0 Å². The zero-order valence-corrected chi connectivity index (χ0v) is 16.8. The van der Waals surface area contributed by atoms with E-state index in [2.05, 4.69) is 4.74 Å².